The summed E-state index contributed by atoms with van der Waals surface area (Å²) in [6, 6.07) is 9.04. The fraction of sp³-hybridized carbons (Fsp3) is 0.154. The molecule has 94 valence electrons. The van der Waals surface area contributed by atoms with E-state index in [-0.39, 0.29) is 0 Å². The van der Waals surface area contributed by atoms with Gasteiger partial charge in [0, 0.05) is 18.8 Å². The second-order valence-electron chi connectivity index (χ2n) is 3.68. The molecule has 0 bridgehead atoms. The van der Waals surface area contributed by atoms with Crippen LogP contribution in [-0.4, -0.2) is 12.0 Å². The number of halogens is 2. The first kappa shape index (κ1) is 13.1. The molecular formula is C13H12Cl2N2O. The van der Waals surface area contributed by atoms with Crippen LogP contribution in [0.4, 0.5) is 0 Å². The number of hydrogen-bond acceptors (Lipinski definition) is 3. The Labute approximate surface area is 116 Å². The van der Waals surface area contributed by atoms with E-state index in [2.05, 4.69) is 10.3 Å². The quantitative estimate of drug-likeness (QED) is 0.924. The number of nitrogens with zero attached hydrogens (tertiary/aromatic N) is 1. The van der Waals surface area contributed by atoms with Crippen molar-refractivity contribution in [3.05, 3.63) is 52.1 Å². The Morgan fingerprint density at radius 2 is 2.00 bits per heavy atom. The summed E-state index contributed by atoms with van der Waals surface area (Å²) in [7, 11) is 1.85. The summed E-state index contributed by atoms with van der Waals surface area (Å²) in [4.78, 5) is 4.12. The standard InChI is InChI=1S/C13H12Cl2N2O/c1-16-7-9-6-13(17-8-11(9)15)18-12-5-3-2-4-10(12)14/h2-6,8,16H,7H2,1H3. The third kappa shape index (κ3) is 3.13. The van der Waals surface area contributed by atoms with Gasteiger partial charge in [0.15, 0.2) is 0 Å². The van der Waals surface area contributed by atoms with Crippen LogP contribution in [0.3, 0.4) is 0 Å². The van der Waals surface area contributed by atoms with Crippen LogP contribution in [0.2, 0.25) is 10.0 Å². The Bertz CT molecular complexity index is 546. The lowest BCUT2D eigenvalue weighted by atomic mass is 10.2. The second kappa shape index (κ2) is 6.05. The normalized spacial score (nSPS) is 10.4. The van der Waals surface area contributed by atoms with Gasteiger partial charge in [-0.1, -0.05) is 35.3 Å². The van der Waals surface area contributed by atoms with Gasteiger partial charge in [0.2, 0.25) is 5.88 Å². The van der Waals surface area contributed by atoms with Gasteiger partial charge < -0.3 is 10.1 Å². The average molecular weight is 283 g/mol. The zero-order chi connectivity index (χ0) is 13.0. The van der Waals surface area contributed by atoms with E-state index in [9.17, 15) is 0 Å². The van der Waals surface area contributed by atoms with Gasteiger partial charge in [-0.05, 0) is 24.7 Å². The van der Waals surface area contributed by atoms with Crippen LogP contribution in [0, 0.1) is 0 Å². The van der Waals surface area contributed by atoms with Crippen molar-refractivity contribution in [3.63, 3.8) is 0 Å². The van der Waals surface area contributed by atoms with E-state index in [1.165, 1.54) is 0 Å². The van der Waals surface area contributed by atoms with Crippen molar-refractivity contribution in [1.29, 1.82) is 0 Å². The topological polar surface area (TPSA) is 34.1 Å². The summed E-state index contributed by atoms with van der Waals surface area (Å²) < 4.78 is 5.62. The molecule has 0 radical (unpaired) electrons. The molecule has 1 N–H and O–H groups in total. The minimum absolute atomic E-state index is 0.470. The number of para-hydroxylation sites is 1. The van der Waals surface area contributed by atoms with Crippen LogP contribution in [0.15, 0.2) is 36.5 Å². The summed E-state index contributed by atoms with van der Waals surface area (Å²) in [6.45, 7) is 0.653. The molecule has 0 aliphatic rings. The van der Waals surface area contributed by atoms with Crippen molar-refractivity contribution in [2.45, 2.75) is 6.54 Å². The Morgan fingerprint density at radius 3 is 2.72 bits per heavy atom. The van der Waals surface area contributed by atoms with Crippen molar-refractivity contribution in [1.82, 2.24) is 10.3 Å². The minimum Gasteiger partial charge on any atom is -0.437 e. The molecule has 0 atom stereocenters. The van der Waals surface area contributed by atoms with E-state index in [1.54, 1.807) is 24.4 Å². The second-order valence-corrected chi connectivity index (χ2v) is 4.49. The van der Waals surface area contributed by atoms with E-state index in [0.29, 0.717) is 28.2 Å². The molecule has 3 nitrogen and oxygen atoms in total. The van der Waals surface area contributed by atoms with E-state index in [0.717, 1.165) is 5.56 Å². The van der Waals surface area contributed by atoms with Gasteiger partial charge in [0.05, 0.1) is 10.0 Å². The van der Waals surface area contributed by atoms with E-state index < -0.39 is 0 Å². The molecule has 0 amide bonds. The van der Waals surface area contributed by atoms with Gasteiger partial charge in [0.25, 0.3) is 0 Å². The van der Waals surface area contributed by atoms with Gasteiger partial charge in [0.1, 0.15) is 5.75 Å². The number of pyridine rings is 1. The third-order valence-electron chi connectivity index (χ3n) is 2.33. The third-order valence-corrected chi connectivity index (χ3v) is 2.98. The lowest BCUT2D eigenvalue weighted by Crippen LogP contribution is -2.06. The van der Waals surface area contributed by atoms with Crippen molar-refractivity contribution in [2.24, 2.45) is 0 Å². The highest BCUT2D eigenvalue weighted by atomic mass is 35.5. The molecule has 0 unspecified atom stereocenters. The first-order chi connectivity index (χ1) is 8.70. The highest BCUT2D eigenvalue weighted by Crippen LogP contribution is 2.29. The molecule has 2 rings (SSSR count). The largest absolute Gasteiger partial charge is 0.437 e. The van der Waals surface area contributed by atoms with E-state index in [4.69, 9.17) is 27.9 Å². The molecule has 2 aromatic rings. The molecule has 1 aromatic heterocycles. The molecule has 1 aromatic carbocycles. The first-order valence-electron chi connectivity index (χ1n) is 5.42. The fourth-order valence-corrected chi connectivity index (χ4v) is 1.82. The molecule has 0 aliphatic heterocycles. The number of ether oxygens (including phenoxy) is 1. The molecule has 0 saturated heterocycles. The highest BCUT2D eigenvalue weighted by Gasteiger charge is 2.06. The van der Waals surface area contributed by atoms with Crippen LogP contribution < -0.4 is 10.1 Å². The zero-order valence-corrected chi connectivity index (χ0v) is 11.3. The summed E-state index contributed by atoms with van der Waals surface area (Å²) in [5.74, 6) is 1.04. The highest BCUT2D eigenvalue weighted by molar-refractivity contribution is 6.32. The Morgan fingerprint density at radius 1 is 1.22 bits per heavy atom. The minimum atomic E-state index is 0.470. The summed E-state index contributed by atoms with van der Waals surface area (Å²) in [6.07, 6.45) is 1.57. The van der Waals surface area contributed by atoms with Crippen molar-refractivity contribution < 1.29 is 4.74 Å². The van der Waals surface area contributed by atoms with Crippen LogP contribution in [0.25, 0.3) is 0 Å². The zero-order valence-electron chi connectivity index (χ0n) is 9.78. The first-order valence-corrected chi connectivity index (χ1v) is 6.17. The predicted molar refractivity (Wildman–Crippen MR) is 73.5 cm³/mol. The lowest BCUT2D eigenvalue weighted by Gasteiger charge is -2.09. The molecule has 1 heterocycles. The smallest absolute Gasteiger partial charge is 0.219 e. The number of nitrogens with one attached hydrogen (secondary N) is 1. The van der Waals surface area contributed by atoms with Crippen molar-refractivity contribution in [2.75, 3.05) is 7.05 Å². The lowest BCUT2D eigenvalue weighted by molar-refractivity contribution is 0.462. The molecule has 0 aliphatic carbocycles. The Hall–Kier alpha value is -1.29. The monoisotopic (exact) mass is 282 g/mol. The number of benzene rings is 1. The average Bonchev–Trinajstić information content (AvgIpc) is 2.36. The van der Waals surface area contributed by atoms with Gasteiger partial charge in [-0.2, -0.15) is 0 Å². The summed E-state index contributed by atoms with van der Waals surface area (Å²) in [5.41, 5.74) is 0.927. The Balaban J connectivity index is 2.24. The molecular weight excluding hydrogens is 271 g/mol. The maximum absolute atomic E-state index is 6.03. The molecule has 0 spiro atoms. The molecule has 18 heavy (non-hydrogen) atoms. The summed E-state index contributed by atoms with van der Waals surface area (Å²) in [5, 5.41) is 4.19. The van der Waals surface area contributed by atoms with Gasteiger partial charge in [-0.25, -0.2) is 4.98 Å². The maximum Gasteiger partial charge on any atom is 0.219 e. The van der Waals surface area contributed by atoms with Gasteiger partial charge in [-0.15, -0.1) is 0 Å². The molecule has 5 heteroatoms. The predicted octanol–water partition coefficient (Wildman–Crippen LogP) is 3.90. The van der Waals surface area contributed by atoms with Crippen LogP contribution in [-0.2, 0) is 6.54 Å². The van der Waals surface area contributed by atoms with Gasteiger partial charge in [-0.3, -0.25) is 0 Å². The summed E-state index contributed by atoms with van der Waals surface area (Å²) >= 11 is 12.0. The maximum atomic E-state index is 6.03. The van der Waals surface area contributed by atoms with E-state index >= 15 is 0 Å². The van der Waals surface area contributed by atoms with Crippen LogP contribution >= 0.6 is 23.2 Å². The van der Waals surface area contributed by atoms with Crippen molar-refractivity contribution in [3.8, 4) is 11.6 Å². The van der Waals surface area contributed by atoms with Gasteiger partial charge >= 0.3 is 0 Å². The van der Waals surface area contributed by atoms with Crippen LogP contribution in [0.1, 0.15) is 5.56 Å². The molecule has 0 saturated carbocycles. The SMILES string of the molecule is CNCc1cc(Oc2ccccc2Cl)ncc1Cl. The molecule has 0 fully saturated rings. The van der Waals surface area contributed by atoms with E-state index in [1.807, 2.05) is 19.2 Å². The fourth-order valence-electron chi connectivity index (χ4n) is 1.48. The van der Waals surface area contributed by atoms with Crippen LogP contribution in [0.5, 0.6) is 11.6 Å². The number of rotatable bonds is 4. The number of aromatic nitrogens is 1. The Kier molecular flexibility index (Phi) is 4.42. The van der Waals surface area contributed by atoms with Crippen molar-refractivity contribution >= 4 is 23.2 Å². The number of hydrogen-bond donors (Lipinski definition) is 1.